The van der Waals surface area contributed by atoms with Crippen LogP contribution in [-0.2, 0) is 13.8 Å². The second-order valence-corrected chi connectivity index (χ2v) is 7.98. The maximum atomic E-state index is 12.1. The summed E-state index contributed by atoms with van der Waals surface area (Å²) in [6, 6.07) is 2.60. The smallest absolute Gasteiger partial charge is 0.338 e. The number of rotatable bonds is 6. The molecule has 0 spiro atoms. The highest BCUT2D eigenvalue weighted by Gasteiger charge is 2.21. The van der Waals surface area contributed by atoms with Crippen LogP contribution in [0.3, 0.4) is 0 Å². The number of hydrogen-bond donors (Lipinski definition) is 0. The summed E-state index contributed by atoms with van der Waals surface area (Å²) in [6.45, 7) is 5.81. The van der Waals surface area contributed by atoms with E-state index in [1.807, 2.05) is 6.92 Å². The Morgan fingerprint density at radius 3 is 2.52 bits per heavy atom. The quantitative estimate of drug-likeness (QED) is 0.569. The molecule has 0 heterocycles. The molecule has 0 bridgehead atoms. The molecule has 21 heavy (non-hydrogen) atoms. The summed E-state index contributed by atoms with van der Waals surface area (Å²) in [7, 11) is 1.37. The zero-order chi connectivity index (χ0) is 16.2. The van der Waals surface area contributed by atoms with Crippen molar-refractivity contribution in [1.29, 1.82) is 0 Å². The molecule has 0 aromatic heterocycles. The van der Waals surface area contributed by atoms with E-state index in [1.54, 1.807) is 0 Å². The van der Waals surface area contributed by atoms with E-state index in [0.717, 1.165) is 12.8 Å². The van der Waals surface area contributed by atoms with Crippen molar-refractivity contribution >= 4 is 37.3 Å². The van der Waals surface area contributed by atoms with Crippen molar-refractivity contribution in [3.05, 3.63) is 28.3 Å². The SMILES string of the molecule is CCCC(C)COC(=O)c1cc(Cl)cc(S(=O)(=O)Cl)c1C. The van der Waals surface area contributed by atoms with Crippen LogP contribution >= 0.6 is 22.3 Å². The Kier molecular flexibility index (Phi) is 6.50. The molecule has 1 atom stereocenters. The lowest BCUT2D eigenvalue weighted by Gasteiger charge is -2.13. The van der Waals surface area contributed by atoms with Gasteiger partial charge in [0.1, 0.15) is 0 Å². The van der Waals surface area contributed by atoms with Gasteiger partial charge in [0.05, 0.1) is 17.1 Å². The van der Waals surface area contributed by atoms with Gasteiger partial charge in [0.25, 0.3) is 9.05 Å². The molecule has 0 aliphatic carbocycles. The molecule has 0 saturated carbocycles. The molecule has 118 valence electrons. The normalized spacial score (nSPS) is 13.0. The minimum Gasteiger partial charge on any atom is -0.462 e. The minimum absolute atomic E-state index is 0.116. The molecule has 1 unspecified atom stereocenters. The highest BCUT2D eigenvalue weighted by Crippen LogP contribution is 2.27. The summed E-state index contributed by atoms with van der Waals surface area (Å²) in [5, 5.41) is 0.119. The minimum atomic E-state index is -3.97. The highest BCUT2D eigenvalue weighted by molar-refractivity contribution is 8.13. The molecular weight excluding hydrogens is 335 g/mol. The third-order valence-corrected chi connectivity index (χ3v) is 4.75. The summed E-state index contributed by atoms with van der Waals surface area (Å²) in [4.78, 5) is 11.9. The van der Waals surface area contributed by atoms with Crippen LogP contribution in [0.2, 0.25) is 5.02 Å². The summed E-state index contributed by atoms with van der Waals surface area (Å²) < 4.78 is 28.2. The summed E-state index contributed by atoms with van der Waals surface area (Å²) in [5.74, 6) is -0.353. The first kappa shape index (κ1) is 18.3. The molecule has 0 radical (unpaired) electrons. The highest BCUT2D eigenvalue weighted by atomic mass is 35.7. The van der Waals surface area contributed by atoms with Gasteiger partial charge >= 0.3 is 5.97 Å². The van der Waals surface area contributed by atoms with E-state index in [1.165, 1.54) is 19.1 Å². The molecular formula is C14H18Cl2O4S. The van der Waals surface area contributed by atoms with E-state index in [4.69, 9.17) is 27.0 Å². The molecule has 0 N–H and O–H groups in total. The maximum Gasteiger partial charge on any atom is 0.338 e. The average Bonchev–Trinajstić information content (AvgIpc) is 2.37. The lowest BCUT2D eigenvalue weighted by Crippen LogP contribution is -2.14. The Bertz CT molecular complexity index is 626. The van der Waals surface area contributed by atoms with Crippen LogP contribution in [0.15, 0.2) is 17.0 Å². The van der Waals surface area contributed by atoms with Gasteiger partial charge in [-0.25, -0.2) is 13.2 Å². The largest absolute Gasteiger partial charge is 0.462 e. The number of benzene rings is 1. The molecule has 0 aliphatic heterocycles. The van der Waals surface area contributed by atoms with Gasteiger partial charge in [-0.15, -0.1) is 0 Å². The molecule has 1 aromatic carbocycles. The van der Waals surface area contributed by atoms with Gasteiger partial charge in [-0.05, 0) is 37.0 Å². The van der Waals surface area contributed by atoms with Gasteiger partial charge in [0, 0.05) is 15.7 Å². The monoisotopic (exact) mass is 352 g/mol. The molecule has 0 aliphatic rings. The second kappa shape index (κ2) is 7.47. The van der Waals surface area contributed by atoms with Crippen LogP contribution in [0, 0.1) is 12.8 Å². The fourth-order valence-corrected chi connectivity index (χ4v) is 3.50. The number of esters is 1. The van der Waals surface area contributed by atoms with Crippen molar-refractivity contribution < 1.29 is 17.9 Å². The van der Waals surface area contributed by atoms with Crippen molar-refractivity contribution in [1.82, 2.24) is 0 Å². The molecule has 0 fully saturated rings. The first-order valence-electron chi connectivity index (χ1n) is 6.58. The molecule has 4 nitrogen and oxygen atoms in total. The average molecular weight is 353 g/mol. The van der Waals surface area contributed by atoms with Gasteiger partial charge in [-0.2, -0.15) is 0 Å². The number of hydrogen-bond acceptors (Lipinski definition) is 4. The van der Waals surface area contributed by atoms with Gasteiger partial charge in [-0.3, -0.25) is 0 Å². The second-order valence-electron chi connectivity index (χ2n) is 5.01. The van der Waals surface area contributed by atoms with Crippen LogP contribution in [0.4, 0.5) is 0 Å². The number of ether oxygens (including phenoxy) is 1. The van der Waals surface area contributed by atoms with Crippen molar-refractivity contribution in [3.63, 3.8) is 0 Å². The fourth-order valence-electron chi connectivity index (χ4n) is 1.99. The van der Waals surface area contributed by atoms with Crippen molar-refractivity contribution in [2.24, 2.45) is 5.92 Å². The Balaban J connectivity index is 3.03. The van der Waals surface area contributed by atoms with E-state index >= 15 is 0 Å². The van der Waals surface area contributed by atoms with Crippen LogP contribution in [0.5, 0.6) is 0 Å². The predicted octanol–water partition coefficient (Wildman–Crippen LogP) is 4.17. The summed E-state index contributed by atoms with van der Waals surface area (Å²) in [5.41, 5.74) is 0.355. The van der Waals surface area contributed by atoms with E-state index in [0.29, 0.717) is 0 Å². The third-order valence-electron chi connectivity index (χ3n) is 3.09. The van der Waals surface area contributed by atoms with Gasteiger partial charge in [0.15, 0.2) is 0 Å². The summed E-state index contributed by atoms with van der Waals surface area (Å²) in [6.07, 6.45) is 1.95. The van der Waals surface area contributed by atoms with E-state index in [2.05, 4.69) is 6.92 Å². The van der Waals surface area contributed by atoms with Gasteiger partial charge < -0.3 is 4.74 Å². The fraction of sp³-hybridized carbons (Fsp3) is 0.500. The lowest BCUT2D eigenvalue weighted by atomic mass is 10.1. The topological polar surface area (TPSA) is 60.4 Å². The van der Waals surface area contributed by atoms with E-state index in [9.17, 15) is 13.2 Å². The van der Waals surface area contributed by atoms with Gasteiger partial charge in [-0.1, -0.05) is 31.9 Å². The first-order chi connectivity index (χ1) is 9.66. The molecule has 1 aromatic rings. The Labute approximate surface area is 134 Å². The Morgan fingerprint density at radius 1 is 1.38 bits per heavy atom. The van der Waals surface area contributed by atoms with Gasteiger partial charge in [0.2, 0.25) is 0 Å². The Hall–Kier alpha value is -0.780. The summed E-state index contributed by atoms with van der Waals surface area (Å²) >= 11 is 5.85. The first-order valence-corrected chi connectivity index (χ1v) is 9.27. The van der Waals surface area contributed by atoms with Crippen molar-refractivity contribution in [2.75, 3.05) is 6.61 Å². The van der Waals surface area contributed by atoms with Crippen LogP contribution in [0.25, 0.3) is 0 Å². The van der Waals surface area contributed by atoms with E-state index in [-0.39, 0.29) is 33.6 Å². The molecule has 7 heteroatoms. The molecule has 0 amide bonds. The predicted molar refractivity (Wildman–Crippen MR) is 83.6 cm³/mol. The van der Waals surface area contributed by atoms with Crippen LogP contribution < -0.4 is 0 Å². The maximum absolute atomic E-state index is 12.1. The zero-order valence-corrected chi connectivity index (χ0v) is 14.5. The van der Waals surface area contributed by atoms with Crippen LogP contribution in [0.1, 0.15) is 42.6 Å². The van der Waals surface area contributed by atoms with E-state index < -0.39 is 15.0 Å². The number of carbonyl (C=O) groups is 1. The lowest BCUT2D eigenvalue weighted by molar-refractivity contribution is 0.0442. The molecule has 1 rings (SSSR count). The number of halogens is 2. The Morgan fingerprint density at radius 2 is 2.00 bits per heavy atom. The number of carbonyl (C=O) groups excluding carboxylic acids is 1. The zero-order valence-electron chi connectivity index (χ0n) is 12.2. The third kappa shape index (κ3) is 5.16. The molecule has 0 saturated heterocycles. The van der Waals surface area contributed by atoms with Crippen molar-refractivity contribution in [3.8, 4) is 0 Å². The van der Waals surface area contributed by atoms with Crippen molar-refractivity contribution in [2.45, 2.75) is 38.5 Å². The standard InChI is InChI=1S/C14H18Cl2O4S/c1-4-5-9(2)8-20-14(17)12-6-11(15)7-13(10(12)3)21(16,18)19/h6-7,9H,4-5,8H2,1-3H3. The van der Waals surface area contributed by atoms with Crippen LogP contribution in [-0.4, -0.2) is 21.0 Å².